The van der Waals surface area contributed by atoms with Crippen LogP contribution in [0.5, 0.6) is 0 Å². The highest BCUT2D eigenvalue weighted by Gasteiger charge is 2.25. The second-order valence-corrected chi connectivity index (χ2v) is 9.21. The van der Waals surface area contributed by atoms with Gasteiger partial charge in [-0.2, -0.15) is 0 Å². The molecule has 1 aromatic carbocycles. The SMILES string of the molecule is Cc1ccc2[nH]c(=O)c(CN(C(=S)NCCCN3CCOCC3)C3CCCC3)cc2c1. The van der Waals surface area contributed by atoms with Crippen LogP contribution in [0.4, 0.5) is 0 Å². The number of morpholine rings is 1. The van der Waals surface area contributed by atoms with Crippen molar-refractivity contribution in [3.63, 3.8) is 0 Å². The van der Waals surface area contributed by atoms with Crippen LogP contribution in [-0.4, -0.2) is 65.3 Å². The van der Waals surface area contributed by atoms with Crippen molar-refractivity contribution in [2.75, 3.05) is 39.4 Å². The standard InChI is InChI=1S/C24H34N4O2S/c1-18-7-8-22-19(15-18)16-20(23(29)26-22)17-28(21-5-2-3-6-21)24(31)25-9-4-10-27-11-13-30-14-12-27/h7-8,15-16,21H,2-6,9-14,17H2,1H3,(H,25,31)(H,26,29). The Labute approximate surface area is 189 Å². The van der Waals surface area contributed by atoms with Gasteiger partial charge in [0.05, 0.1) is 19.8 Å². The second-order valence-electron chi connectivity index (χ2n) is 8.82. The molecular formula is C24H34N4O2S. The molecule has 0 bridgehead atoms. The Morgan fingerprint density at radius 3 is 2.81 bits per heavy atom. The molecule has 0 radical (unpaired) electrons. The van der Waals surface area contributed by atoms with Crippen molar-refractivity contribution in [1.29, 1.82) is 0 Å². The van der Waals surface area contributed by atoms with E-state index < -0.39 is 0 Å². The minimum atomic E-state index is -0.0190. The highest BCUT2D eigenvalue weighted by atomic mass is 32.1. The number of rotatable bonds is 7. The average Bonchev–Trinajstić information content (AvgIpc) is 3.30. The molecule has 0 amide bonds. The van der Waals surface area contributed by atoms with Crippen LogP contribution in [0, 0.1) is 6.92 Å². The van der Waals surface area contributed by atoms with Gasteiger partial charge in [-0.05, 0) is 68.5 Å². The van der Waals surface area contributed by atoms with Gasteiger partial charge in [0.2, 0.25) is 0 Å². The molecule has 1 saturated heterocycles. The van der Waals surface area contributed by atoms with E-state index in [-0.39, 0.29) is 5.56 Å². The van der Waals surface area contributed by atoms with Crippen LogP contribution in [0.1, 0.15) is 43.2 Å². The summed E-state index contributed by atoms with van der Waals surface area (Å²) in [4.78, 5) is 20.5. The Morgan fingerprint density at radius 2 is 2.03 bits per heavy atom. The number of H-pyrrole nitrogens is 1. The molecule has 31 heavy (non-hydrogen) atoms. The minimum absolute atomic E-state index is 0.0190. The Bertz CT molecular complexity index is 948. The van der Waals surface area contributed by atoms with E-state index in [1.54, 1.807) is 0 Å². The molecule has 0 spiro atoms. The number of benzene rings is 1. The molecule has 0 atom stereocenters. The third kappa shape index (κ3) is 5.84. The second kappa shape index (κ2) is 10.6. The molecule has 0 unspecified atom stereocenters. The number of aryl methyl sites for hydroxylation is 1. The number of pyridine rings is 1. The van der Waals surface area contributed by atoms with Crippen LogP contribution in [0.3, 0.4) is 0 Å². The topological polar surface area (TPSA) is 60.6 Å². The lowest BCUT2D eigenvalue weighted by molar-refractivity contribution is 0.0375. The number of hydrogen-bond donors (Lipinski definition) is 2. The lowest BCUT2D eigenvalue weighted by atomic mass is 10.1. The molecule has 1 aromatic heterocycles. The largest absolute Gasteiger partial charge is 0.379 e. The Morgan fingerprint density at radius 1 is 1.26 bits per heavy atom. The predicted octanol–water partition coefficient (Wildman–Crippen LogP) is 3.18. The maximum atomic E-state index is 12.8. The van der Waals surface area contributed by atoms with Crippen molar-refractivity contribution in [2.24, 2.45) is 0 Å². The molecule has 1 aliphatic carbocycles. The third-order valence-electron chi connectivity index (χ3n) is 6.47. The number of fused-ring (bicyclic) bond motifs is 1. The first kappa shape index (κ1) is 22.2. The van der Waals surface area contributed by atoms with Crippen molar-refractivity contribution in [2.45, 2.75) is 51.6 Å². The van der Waals surface area contributed by atoms with Gasteiger partial charge in [0.1, 0.15) is 0 Å². The fourth-order valence-electron chi connectivity index (χ4n) is 4.68. The van der Waals surface area contributed by atoms with E-state index in [4.69, 9.17) is 17.0 Å². The fraction of sp³-hybridized carbons (Fsp3) is 0.583. The number of thiocarbonyl (C=S) groups is 1. The monoisotopic (exact) mass is 442 g/mol. The lowest BCUT2D eigenvalue weighted by Gasteiger charge is -2.32. The van der Waals surface area contributed by atoms with Crippen LogP contribution >= 0.6 is 12.2 Å². The third-order valence-corrected chi connectivity index (χ3v) is 6.85. The highest BCUT2D eigenvalue weighted by Crippen LogP contribution is 2.25. The zero-order valence-electron chi connectivity index (χ0n) is 18.5. The van der Waals surface area contributed by atoms with Crippen molar-refractivity contribution >= 4 is 28.2 Å². The molecule has 7 heteroatoms. The summed E-state index contributed by atoms with van der Waals surface area (Å²) in [5, 5.41) is 5.32. The van der Waals surface area contributed by atoms with E-state index in [2.05, 4.69) is 33.1 Å². The fourth-order valence-corrected chi connectivity index (χ4v) is 4.99. The van der Waals surface area contributed by atoms with Crippen LogP contribution in [0.25, 0.3) is 10.9 Å². The summed E-state index contributed by atoms with van der Waals surface area (Å²) in [7, 11) is 0. The van der Waals surface area contributed by atoms with E-state index in [9.17, 15) is 4.79 Å². The summed E-state index contributed by atoms with van der Waals surface area (Å²) in [6.07, 6.45) is 5.79. The van der Waals surface area contributed by atoms with Gasteiger partial charge in [0.15, 0.2) is 5.11 Å². The zero-order valence-corrected chi connectivity index (χ0v) is 19.3. The molecule has 2 aliphatic rings. The highest BCUT2D eigenvalue weighted by molar-refractivity contribution is 7.80. The van der Waals surface area contributed by atoms with E-state index in [0.29, 0.717) is 12.6 Å². The Hall–Kier alpha value is -1.96. The van der Waals surface area contributed by atoms with Gasteiger partial charge < -0.3 is 19.9 Å². The summed E-state index contributed by atoms with van der Waals surface area (Å²) < 4.78 is 5.42. The van der Waals surface area contributed by atoms with Crippen LogP contribution in [0.15, 0.2) is 29.1 Å². The quantitative estimate of drug-likeness (QED) is 0.507. The van der Waals surface area contributed by atoms with E-state index in [1.807, 2.05) is 18.2 Å². The number of nitrogens with one attached hydrogen (secondary N) is 2. The number of ether oxygens (including phenoxy) is 1. The molecule has 1 saturated carbocycles. The van der Waals surface area contributed by atoms with Gasteiger partial charge in [-0.1, -0.05) is 24.5 Å². The van der Waals surface area contributed by atoms with Crippen molar-refractivity contribution in [3.8, 4) is 0 Å². The van der Waals surface area contributed by atoms with E-state index >= 15 is 0 Å². The maximum absolute atomic E-state index is 12.8. The predicted molar refractivity (Wildman–Crippen MR) is 130 cm³/mol. The summed E-state index contributed by atoms with van der Waals surface area (Å²) in [6, 6.07) is 8.57. The Balaban J connectivity index is 1.41. The number of aromatic nitrogens is 1. The summed E-state index contributed by atoms with van der Waals surface area (Å²) in [5.41, 5.74) is 2.84. The first-order valence-electron chi connectivity index (χ1n) is 11.6. The minimum Gasteiger partial charge on any atom is -0.379 e. The van der Waals surface area contributed by atoms with Gasteiger partial charge in [0.25, 0.3) is 5.56 Å². The number of hydrogen-bond acceptors (Lipinski definition) is 4. The molecule has 2 fully saturated rings. The molecule has 6 nitrogen and oxygen atoms in total. The molecule has 1 aliphatic heterocycles. The molecule has 2 N–H and O–H groups in total. The summed E-state index contributed by atoms with van der Waals surface area (Å²) in [6.45, 7) is 8.25. The van der Waals surface area contributed by atoms with E-state index in [0.717, 1.165) is 80.2 Å². The van der Waals surface area contributed by atoms with Crippen molar-refractivity contribution in [1.82, 2.24) is 20.1 Å². The first-order valence-corrected chi connectivity index (χ1v) is 12.0. The summed E-state index contributed by atoms with van der Waals surface area (Å²) >= 11 is 5.81. The molecule has 168 valence electrons. The maximum Gasteiger partial charge on any atom is 0.253 e. The molecular weight excluding hydrogens is 408 g/mol. The van der Waals surface area contributed by atoms with Crippen molar-refractivity contribution < 1.29 is 4.74 Å². The van der Waals surface area contributed by atoms with Gasteiger partial charge in [-0.15, -0.1) is 0 Å². The molecule has 2 heterocycles. The molecule has 4 rings (SSSR count). The average molecular weight is 443 g/mol. The van der Waals surface area contributed by atoms with Gasteiger partial charge in [-0.25, -0.2) is 0 Å². The van der Waals surface area contributed by atoms with Crippen LogP contribution in [-0.2, 0) is 11.3 Å². The summed E-state index contributed by atoms with van der Waals surface area (Å²) in [5.74, 6) is 0. The van der Waals surface area contributed by atoms with Gasteiger partial charge in [0, 0.05) is 36.8 Å². The smallest absolute Gasteiger partial charge is 0.253 e. The first-order chi connectivity index (χ1) is 15.1. The van der Waals surface area contributed by atoms with E-state index in [1.165, 1.54) is 18.4 Å². The van der Waals surface area contributed by atoms with Crippen LogP contribution in [0.2, 0.25) is 0 Å². The number of nitrogens with zero attached hydrogens (tertiary/aromatic N) is 2. The zero-order chi connectivity index (χ0) is 21.6. The molecule has 2 aromatic rings. The lowest BCUT2D eigenvalue weighted by Crippen LogP contribution is -2.46. The normalized spacial score (nSPS) is 17.8. The number of aromatic amines is 1. The van der Waals surface area contributed by atoms with Gasteiger partial charge in [-0.3, -0.25) is 9.69 Å². The van der Waals surface area contributed by atoms with Gasteiger partial charge >= 0.3 is 0 Å². The Kier molecular flexibility index (Phi) is 7.58. The van der Waals surface area contributed by atoms with Crippen molar-refractivity contribution in [3.05, 3.63) is 45.7 Å². The van der Waals surface area contributed by atoms with Crippen LogP contribution < -0.4 is 10.9 Å².